The van der Waals surface area contributed by atoms with Crippen LogP contribution < -0.4 is 10.6 Å². The van der Waals surface area contributed by atoms with Gasteiger partial charge in [-0.05, 0) is 61.8 Å². The minimum absolute atomic E-state index is 0.0695. The van der Waals surface area contributed by atoms with E-state index in [2.05, 4.69) is 10.6 Å². The number of hydrogen-bond acceptors (Lipinski definition) is 3. The number of anilines is 1. The highest BCUT2D eigenvalue weighted by Gasteiger charge is 2.42. The van der Waals surface area contributed by atoms with Gasteiger partial charge < -0.3 is 15.7 Å². The number of aliphatic hydroxyl groups is 1. The predicted molar refractivity (Wildman–Crippen MR) is 92.6 cm³/mol. The van der Waals surface area contributed by atoms with Gasteiger partial charge in [-0.25, -0.2) is 0 Å². The molecule has 2 aliphatic carbocycles. The van der Waals surface area contributed by atoms with Crippen molar-refractivity contribution in [3.05, 3.63) is 29.8 Å². The van der Waals surface area contributed by atoms with Crippen molar-refractivity contribution in [1.82, 2.24) is 5.32 Å². The number of benzene rings is 1. The first-order valence-corrected chi connectivity index (χ1v) is 8.93. The monoisotopic (exact) mass is 330 g/mol. The highest BCUT2D eigenvalue weighted by molar-refractivity contribution is 5.96. The van der Waals surface area contributed by atoms with Crippen LogP contribution >= 0.6 is 0 Å². The van der Waals surface area contributed by atoms with Gasteiger partial charge in [-0.2, -0.15) is 0 Å². The maximum absolute atomic E-state index is 12.4. The zero-order chi connectivity index (χ0) is 17.1. The molecule has 2 bridgehead atoms. The largest absolute Gasteiger partial charge is 0.394 e. The summed E-state index contributed by atoms with van der Waals surface area (Å²) in [6.45, 7) is 1.84. The highest BCUT2D eigenvalue weighted by Crippen LogP contribution is 2.48. The molecule has 0 aromatic heterocycles. The molecule has 2 saturated carbocycles. The number of aliphatic hydroxyl groups excluding tert-OH is 1. The third kappa shape index (κ3) is 3.61. The van der Waals surface area contributed by atoms with E-state index < -0.39 is 0 Å². The molecule has 5 nitrogen and oxygen atoms in total. The minimum Gasteiger partial charge on any atom is -0.394 e. The molecule has 24 heavy (non-hydrogen) atoms. The molecule has 0 radical (unpaired) electrons. The Hall–Kier alpha value is -1.88. The molecule has 5 heteroatoms. The van der Waals surface area contributed by atoms with E-state index in [1.54, 1.807) is 24.3 Å². The Bertz CT molecular complexity index is 595. The van der Waals surface area contributed by atoms with Gasteiger partial charge in [0.25, 0.3) is 5.91 Å². The molecular weight excluding hydrogens is 304 g/mol. The first kappa shape index (κ1) is 17.0. The fourth-order valence-corrected chi connectivity index (χ4v) is 4.05. The summed E-state index contributed by atoms with van der Waals surface area (Å²) in [6.07, 6.45) is 5.38. The molecule has 0 aliphatic heterocycles. The predicted octanol–water partition coefficient (Wildman–Crippen LogP) is 2.56. The van der Waals surface area contributed by atoms with Crippen LogP contribution in [0, 0.1) is 17.8 Å². The number of rotatable bonds is 6. The molecule has 3 N–H and O–H groups in total. The molecule has 0 spiro atoms. The lowest BCUT2D eigenvalue weighted by atomic mass is 9.88. The van der Waals surface area contributed by atoms with Gasteiger partial charge in [0.05, 0.1) is 12.6 Å². The molecule has 3 rings (SSSR count). The molecule has 0 heterocycles. The van der Waals surface area contributed by atoms with E-state index in [1.165, 1.54) is 19.3 Å². The zero-order valence-electron chi connectivity index (χ0n) is 14.1. The van der Waals surface area contributed by atoms with E-state index in [4.69, 9.17) is 5.11 Å². The van der Waals surface area contributed by atoms with Gasteiger partial charge in [-0.3, -0.25) is 9.59 Å². The molecule has 2 amide bonds. The lowest BCUT2D eigenvalue weighted by Crippen LogP contribution is -2.36. The van der Waals surface area contributed by atoms with Crippen LogP contribution in [-0.2, 0) is 4.79 Å². The van der Waals surface area contributed by atoms with Crippen molar-refractivity contribution < 1.29 is 14.7 Å². The van der Waals surface area contributed by atoms with Crippen LogP contribution in [0.25, 0.3) is 0 Å². The Morgan fingerprint density at radius 2 is 1.96 bits per heavy atom. The number of nitrogens with one attached hydrogen (secondary N) is 2. The third-order valence-electron chi connectivity index (χ3n) is 5.54. The van der Waals surface area contributed by atoms with Crippen molar-refractivity contribution in [2.75, 3.05) is 11.9 Å². The van der Waals surface area contributed by atoms with Crippen molar-refractivity contribution in [2.24, 2.45) is 17.8 Å². The first-order chi connectivity index (χ1) is 11.6. The summed E-state index contributed by atoms with van der Waals surface area (Å²) in [5, 5.41) is 14.9. The lowest BCUT2D eigenvalue weighted by Gasteiger charge is -2.20. The van der Waals surface area contributed by atoms with Crippen molar-refractivity contribution in [3.8, 4) is 0 Å². The van der Waals surface area contributed by atoms with Gasteiger partial charge >= 0.3 is 0 Å². The zero-order valence-corrected chi connectivity index (χ0v) is 14.1. The first-order valence-electron chi connectivity index (χ1n) is 8.93. The summed E-state index contributed by atoms with van der Waals surface area (Å²) in [6, 6.07) is 6.71. The maximum Gasteiger partial charge on any atom is 0.251 e. The van der Waals surface area contributed by atoms with Gasteiger partial charge in [0.15, 0.2) is 0 Å². The number of carbonyl (C=O) groups excluding carboxylic acids is 2. The Balaban J connectivity index is 1.56. The SMILES string of the molecule is CC[C@H](CO)NC(=O)c1ccc(NC(=O)[C@@H]2C[C@H]3CC[C@H]2C3)cc1. The van der Waals surface area contributed by atoms with Crippen molar-refractivity contribution in [1.29, 1.82) is 0 Å². The van der Waals surface area contributed by atoms with Crippen molar-refractivity contribution >= 4 is 17.5 Å². The summed E-state index contributed by atoms with van der Waals surface area (Å²) in [5.41, 5.74) is 1.26. The third-order valence-corrected chi connectivity index (χ3v) is 5.54. The second kappa shape index (κ2) is 7.34. The fraction of sp³-hybridized carbons (Fsp3) is 0.579. The van der Waals surface area contributed by atoms with Crippen LogP contribution in [0.15, 0.2) is 24.3 Å². The maximum atomic E-state index is 12.4. The molecule has 1 aromatic carbocycles. The van der Waals surface area contributed by atoms with Gasteiger partial charge in [-0.1, -0.05) is 13.3 Å². The van der Waals surface area contributed by atoms with Crippen LogP contribution in [0.2, 0.25) is 0 Å². The molecule has 0 unspecified atom stereocenters. The van der Waals surface area contributed by atoms with Gasteiger partial charge in [0.1, 0.15) is 0 Å². The van der Waals surface area contributed by atoms with Gasteiger partial charge in [-0.15, -0.1) is 0 Å². The van der Waals surface area contributed by atoms with E-state index in [1.807, 2.05) is 6.92 Å². The van der Waals surface area contributed by atoms with Gasteiger partial charge in [0.2, 0.25) is 5.91 Å². The molecule has 1 aromatic rings. The van der Waals surface area contributed by atoms with Gasteiger partial charge in [0, 0.05) is 17.2 Å². The van der Waals surface area contributed by atoms with E-state index in [9.17, 15) is 9.59 Å². The number of hydrogen-bond donors (Lipinski definition) is 3. The number of fused-ring (bicyclic) bond motifs is 2. The smallest absolute Gasteiger partial charge is 0.251 e. The second-order valence-corrected chi connectivity index (χ2v) is 7.11. The van der Waals surface area contributed by atoms with Crippen LogP contribution in [0.5, 0.6) is 0 Å². The van der Waals surface area contributed by atoms with E-state index >= 15 is 0 Å². The van der Waals surface area contributed by atoms with Crippen LogP contribution in [0.3, 0.4) is 0 Å². The molecule has 0 saturated heterocycles. The molecule has 130 valence electrons. The topological polar surface area (TPSA) is 78.4 Å². The van der Waals surface area contributed by atoms with E-state index in [0.717, 1.165) is 18.0 Å². The lowest BCUT2D eigenvalue weighted by molar-refractivity contribution is -0.121. The van der Waals surface area contributed by atoms with E-state index in [-0.39, 0.29) is 30.4 Å². The van der Waals surface area contributed by atoms with Crippen molar-refractivity contribution in [2.45, 2.75) is 45.1 Å². The molecule has 4 atom stereocenters. The van der Waals surface area contributed by atoms with E-state index in [0.29, 0.717) is 17.9 Å². The average molecular weight is 330 g/mol. The van der Waals surface area contributed by atoms with Crippen LogP contribution in [-0.4, -0.2) is 29.6 Å². The summed E-state index contributed by atoms with van der Waals surface area (Å²) in [7, 11) is 0. The number of amides is 2. The summed E-state index contributed by atoms with van der Waals surface area (Å²) in [4.78, 5) is 24.5. The quantitative estimate of drug-likeness (QED) is 0.750. The Labute approximate surface area is 142 Å². The summed E-state index contributed by atoms with van der Waals surface area (Å²) >= 11 is 0. The standard InChI is InChI=1S/C19H26N2O3/c1-2-15(11-22)20-18(23)13-5-7-16(8-6-13)21-19(24)17-10-12-3-4-14(17)9-12/h5-8,12,14-15,17,22H,2-4,9-11H2,1H3,(H,20,23)(H,21,24)/t12-,14-,15+,17+/m0/s1. The molecule has 2 aliphatic rings. The highest BCUT2D eigenvalue weighted by atomic mass is 16.3. The Kier molecular flexibility index (Phi) is 5.19. The Morgan fingerprint density at radius 3 is 2.50 bits per heavy atom. The van der Waals surface area contributed by atoms with Crippen LogP contribution in [0.1, 0.15) is 49.4 Å². The average Bonchev–Trinajstić information content (AvgIpc) is 3.23. The number of carbonyl (C=O) groups is 2. The second-order valence-electron chi connectivity index (χ2n) is 7.11. The molecule has 2 fully saturated rings. The summed E-state index contributed by atoms with van der Waals surface area (Å²) in [5.74, 6) is 1.37. The van der Waals surface area contributed by atoms with Crippen molar-refractivity contribution in [3.63, 3.8) is 0 Å². The van der Waals surface area contributed by atoms with Crippen LogP contribution in [0.4, 0.5) is 5.69 Å². The fourth-order valence-electron chi connectivity index (χ4n) is 4.05. The summed E-state index contributed by atoms with van der Waals surface area (Å²) < 4.78 is 0. The minimum atomic E-state index is -0.227. The molecular formula is C19H26N2O3. The Morgan fingerprint density at radius 1 is 1.21 bits per heavy atom. The normalized spacial score (nSPS) is 26.2.